The van der Waals surface area contributed by atoms with Crippen molar-refractivity contribution in [2.75, 3.05) is 26.3 Å². The van der Waals surface area contributed by atoms with Gasteiger partial charge in [0.25, 0.3) is 5.91 Å². The molecule has 1 atom stereocenters. The van der Waals surface area contributed by atoms with Crippen molar-refractivity contribution in [1.82, 2.24) is 10.2 Å². The lowest BCUT2D eigenvalue weighted by Gasteiger charge is -2.26. The van der Waals surface area contributed by atoms with Gasteiger partial charge in [-0.1, -0.05) is 37.3 Å². The van der Waals surface area contributed by atoms with Gasteiger partial charge in [-0.2, -0.15) is 0 Å². The summed E-state index contributed by atoms with van der Waals surface area (Å²) in [6.07, 6.45) is 5.81. The van der Waals surface area contributed by atoms with Gasteiger partial charge in [0.2, 0.25) is 0 Å². The first-order chi connectivity index (χ1) is 14.2. The van der Waals surface area contributed by atoms with E-state index in [0.29, 0.717) is 0 Å². The van der Waals surface area contributed by atoms with Crippen molar-refractivity contribution in [2.24, 2.45) is 0 Å². The van der Waals surface area contributed by atoms with Crippen LogP contribution >= 0.6 is 0 Å². The second kappa shape index (κ2) is 9.55. The Morgan fingerprint density at radius 3 is 2.48 bits per heavy atom. The molecule has 1 amide bonds. The molecule has 1 aliphatic carbocycles. The minimum atomic E-state index is 0.00694. The zero-order valence-corrected chi connectivity index (χ0v) is 17.5. The van der Waals surface area contributed by atoms with Crippen LogP contribution in [0.2, 0.25) is 0 Å². The molecular weight excluding hydrogens is 360 g/mol. The standard InChI is InChI=1S/C25H32N2O2/c1-2-24(23-12-11-20-5-3-4-6-22(20)17-23)26-25(28)21-9-7-19(8-10-21)18-27-13-15-29-16-14-27/h7-12,17,24H,2-6,13-16,18H2,1H3,(H,26,28)/t24-/m1/s1. The summed E-state index contributed by atoms with van der Waals surface area (Å²) in [5.74, 6) is 0.00694. The number of hydrogen-bond donors (Lipinski definition) is 1. The second-order valence-corrected chi connectivity index (χ2v) is 8.25. The van der Waals surface area contributed by atoms with Crippen LogP contribution < -0.4 is 5.32 Å². The number of rotatable bonds is 6. The third-order valence-electron chi connectivity index (χ3n) is 6.21. The minimum Gasteiger partial charge on any atom is -0.379 e. The maximum absolute atomic E-state index is 12.8. The highest BCUT2D eigenvalue weighted by Crippen LogP contribution is 2.26. The quantitative estimate of drug-likeness (QED) is 0.798. The maximum Gasteiger partial charge on any atom is 0.251 e. The third-order valence-corrected chi connectivity index (χ3v) is 6.21. The summed E-state index contributed by atoms with van der Waals surface area (Å²) in [5.41, 5.74) is 6.15. The minimum absolute atomic E-state index is 0.00694. The number of ether oxygens (including phenoxy) is 1. The Kier molecular flexibility index (Phi) is 6.63. The van der Waals surface area contributed by atoms with Gasteiger partial charge < -0.3 is 10.1 Å². The number of hydrogen-bond acceptors (Lipinski definition) is 3. The molecule has 29 heavy (non-hydrogen) atoms. The van der Waals surface area contributed by atoms with Crippen LogP contribution in [0.5, 0.6) is 0 Å². The molecule has 0 saturated carbocycles. The van der Waals surface area contributed by atoms with E-state index in [1.807, 2.05) is 12.1 Å². The molecule has 4 nitrogen and oxygen atoms in total. The molecular formula is C25H32N2O2. The summed E-state index contributed by atoms with van der Waals surface area (Å²) in [4.78, 5) is 15.2. The molecule has 0 aromatic heterocycles. The number of benzene rings is 2. The van der Waals surface area contributed by atoms with E-state index < -0.39 is 0 Å². The van der Waals surface area contributed by atoms with Crippen molar-refractivity contribution in [2.45, 2.75) is 51.6 Å². The smallest absolute Gasteiger partial charge is 0.251 e. The molecule has 1 heterocycles. The molecule has 1 fully saturated rings. The van der Waals surface area contributed by atoms with Crippen LogP contribution in [0.15, 0.2) is 42.5 Å². The summed E-state index contributed by atoms with van der Waals surface area (Å²) < 4.78 is 5.41. The average molecular weight is 393 g/mol. The van der Waals surface area contributed by atoms with Gasteiger partial charge in [-0.25, -0.2) is 0 Å². The maximum atomic E-state index is 12.8. The van der Waals surface area contributed by atoms with Crippen LogP contribution in [-0.4, -0.2) is 37.1 Å². The van der Waals surface area contributed by atoms with Crippen LogP contribution in [0.3, 0.4) is 0 Å². The number of fused-ring (bicyclic) bond motifs is 1. The largest absolute Gasteiger partial charge is 0.379 e. The fraction of sp³-hybridized carbons (Fsp3) is 0.480. The Morgan fingerprint density at radius 1 is 1.03 bits per heavy atom. The molecule has 0 unspecified atom stereocenters. The molecule has 1 aliphatic heterocycles. The van der Waals surface area contributed by atoms with Gasteiger partial charge >= 0.3 is 0 Å². The van der Waals surface area contributed by atoms with Crippen molar-refractivity contribution < 1.29 is 9.53 Å². The fourth-order valence-electron chi connectivity index (χ4n) is 4.41. The molecule has 4 heteroatoms. The number of morpholine rings is 1. The van der Waals surface area contributed by atoms with Crippen molar-refractivity contribution in [3.8, 4) is 0 Å². The average Bonchev–Trinajstić information content (AvgIpc) is 2.78. The Bertz CT molecular complexity index is 825. The first-order valence-electron chi connectivity index (χ1n) is 11.0. The van der Waals surface area contributed by atoms with E-state index >= 15 is 0 Å². The summed E-state index contributed by atoms with van der Waals surface area (Å²) in [6, 6.07) is 14.9. The lowest BCUT2D eigenvalue weighted by Crippen LogP contribution is -2.35. The molecule has 154 valence electrons. The second-order valence-electron chi connectivity index (χ2n) is 8.25. The lowest BCUT2D eigenvalue weighted by atomic mass is 9.88. The number of nitrogens with one attached hydrogen (secondary N) is 1. The predicted octanol–water partition coefficient (Wildman–Crippen LogP) is 4.28. The van der Waals surface area contributed by atoms with E-state index in [4.69, 9.17) is 4.74 Å². The first-order valence-corrected chi connectivity index (χ1v) is 11.0. The van der Waals surface area contributed by atoms with Crippen LogP contribution in [0.25, 0.3) is 0 Å². The van der Waals surface area contributed by atoms with Gasteiger partial charge in [0.1, 0.15) is 0 Å². The van der Waals surface area contributed by atoms with Gasteiger partial charge in [0.05, 0.1) is 19.3 Å². The number of aryl methyl sites for hydroxylation is 2. The van der Waals surface area contributed by atoms with E-state index in [0.717, 1.165) is 51.3 Å². The normalized spacial score (nSPS) is 18.1. The zero-order valence-electron chi connectivity index (χ0n) is 17.5. The van der Waals surface area contributed by atoms with Crippen molar-refractivity contribution in [3.05, 3.63) is 70.3 Å². The highest BCUT2D eigenvalue weighted by Gasteiger charge is 2.17. The van der Waals surface area contributed by atoms with Gasteiger partial charge in [0, 0.05) is 25.2 Å². The van der Waals surface area contributed by atoms with E-state index in [1.54, 1.807) is 0 Å². The first kappa shape index (κ1) is 20.1. The summed E-state index contributed by atoms with van der Waals surface area (Å²) in [7, 11) is 0. The van der Waals surface area contributed by atoms with Crippen LogP contribution in [0.4, 0.5) is 0 Å². The molecule has 0 spiro atoms. The Hall–Kier alpha value is -2.17. The topological polar surface area (TPSA) is 41.6 Å². The van der Waals surface area contributed by atoms with Crippen LogP contribution in [0.1, 0.15) is 64.8 Å². The van der Waals surface area contributed by atoms with E-state index in [2.05, 4.69) is 47.5 Å². The Balaban J connectivity index is 1.39. The highest BCUT2D eigenvalue weighted by molar-refractivity contribution is 5.94. The van der Waals surface area contributed by atoms with Gasteiger partial charge in [0.15, 0.2) is 0 Å². The molecule has 2 aliphatic rings. The molecule has 0 radical (unpaired) electrons. The summed E-state index contributed by atoms with van der Waals surface area (Å²) in [6.45, 7) is 6.61. The number of carbonyl (C=O) groups excluding carboxylic acids is 1. The van der Waals surface area contributed by atoms with E-state index in [-0.39, 0.29) is 11.9 Å². The van der Waals surface area contributed by atoms with Gasteiger partial charge in [-0.15, -0.1) is 0 Å². The number of amides is 1. The van der Waals surface area contributed by atoms with Crippen LogP contribution in [-0.2, 0) is 24.1 Å². The molecule has 1 N–H and O–H groups in total. The molecule has 2 aromatic carbocycles. The van der Waals surface area contributed by atoms with Crippen molar-refractivity contribution in [3.63, 3.8) is 0 Å². The monoisotopic (exact) mass is 392 g/mol. The molecule has 1 saturated heterocycles. The zero-order chi connectivity index (χ0) is 20.1. The molecule has 2 aromatic rings. The van der Waals surface area contributed by atoms with Crippen molar-refractivity contribution in [1.29, 1.82) is 0 Å². The fourth-order valence-corrected chi connectivity index (χ4v) is 4.41. The Labute approximate surface area is 174 Å². The van der Waals surface area contributed by atoms with Crippen LogP contribution in [0, 0.1) is 0 Å². The predicted molar refractivity (Wildman–Crippen MR) is 116 cm³/mol. The van der Waals surface area contributed by atoms with E-state index in [9.17, 15) is 4.79 Å². The molecule has 4 rings (SSSR count). The third kappa shape index (κ3) is 5.06. The van der Waals surface area contributed by atoms with Gasteiger partial charge in [-0.3, -0.25) is 9.69 Å². The molecule has 0 bridgehead atoms. The summed E-state index contributed by atoms with van der Waals surface area (Å²) in [5, 5.41) is 3.24. The highest BCUT2D eigenvalue weighted by atomic mass is 16.5. The van der Waals surface area contributed by atoms with Crippen molar-refractivity contribution >= 4 is 5.91 Å². The number of carbonyl (C=O) groups is 1. The van der Waals surface area contributed by atoms with E-state index in [1.165, 1.54) is 41.5 Å². The van der Waals surface area contributed by atoms with Gasteiger partial charge in [-0.05, 0) is 66.5 Å². The summed E-state index contributed by atoms with van der Waals surface area (Å²) >= 11 is 0. The Morgan fingerprint density at radius 2 is 1.76 bits per heavy atom. The number of nitrogens with zero attached hydrogens (tertiary/aromatic N) is 1. The lowest BCUT2D eigenvalue weighted by molar-refractivity contribution is 0.0342. The SMILES string of the molecule is CC[C@@H](NC(=O)c1ccc(CN2CCOCC2)cc1)c1ccc2c(c1)CCCC2.